The van der Waals surface area contributed by atoms with Crippen LogP contribution in [0.2, 0.25) is 0 Å². The molecule has 2 aromatic rings. The summed E-state index contributed by atoms with van der Waals surface area (Å²) >= 11 is 0. The molecule has 1 aliphatic heterocycles. The summed E-state index contributed by atoms with van der Waals surface area (Å²) in [6.07, 6.45) is 3.77. The van der Waals surface area contributed by atoms with E-state index in [4.69, 9.17) is 0 Å². The van der Waals surface area contributed by atoms with Crippen molar-refractivity contribution >= 4 is 11.9 Å². The molecule has 22 heavy (non-hydrogen) atoms. The molecule has 1 amide bonds. The van der Waals surface area contributed by atoms with Crippen molar-refractivity contribution in [2.75, 3.05) is 18.0 Å². The number of nitrogens with one attached hydrogen (secondary N) is 2. The second kappa shape index (κ2) is 6.00. The van der Waals surface area contributed by atoms with E-state index in [9.17, 15) is 9.59 Å². The van der Waals surface area contributed by atoms with E-state index in [0.717, 1.165) is 25.9 Å². The number of anilines is 1. The van der Waals surface area contributed by atoms with Crippen LogP contribution in [-0.2, 0) is 13.6 Å². The highest BCUT2D eigenvalue weighted by molar-refractivity contribution is 5.92. The van der Waals surface area contributed by atoms with Crippen molar-refractivity contribution in [2.45, 2.75) is 19.4 Å². The SMILES string of the molecule is Cn1nccc1C(=O)NCc1cc(=O)[nH]c(N2CCCC2)n1. The molecule has 1 saturated heterocycles. The molecule has 1 fully saturated rings. The lowest BCUT2D eigenvalue weighted by molar-refractivity contribution is 0.0941. The number of carbonyl (C=O) groups is 1. The van der Waals surface area contributed by atoms with E-state index >= 15 is 0 Å². The van der Waals surface area contributed by atoms with Crippen LogP contribution < -0.4 is 15.8 Å². The average molecular weight is 302 g/mol. The molecule has 116 valence electrons. The maximum Gasteiger partial charge on any atom is 0.269 e. The van der Waals surface area contributed by atoms with Crippen molar-refractivity contribution in [3.63, 3.8) is 0 Å². The van der Waals surface area contributed by atoms with Crippen LogP contribution in [0.15, 0.2) is 23.1 Å². The fourth-order valence-electron chi connectivity index (χ4n) is 2.52. The third kappa shape index (κ3) is 3.00. The van der Waals surface area contributed by atoms with Gasteiger partial charge < -0.3 is 10.2 Å². The van der Waals surface area contributed by atoms with Gasteiger partial charge >= 0.3 is 0 Å². The molecule has 0 saturated carbocycles. The number of hydrogen-bond donors (Lipinski definition) is 2. The van der Waals surface area contributed by atoms with Crippen molar-refractivity contribution in [1.82, 2.24) is 25.1 Å². The summed E-state index contributed by atoms with van der Waals surface area (Å²) in [6, 6.07) is 3.04. The second-order valence-corrected chi connectivity index (χ2v) is 5.28. The lowest BCUT2D eigenvalue weighted by Gasteiger charge is -2.16. The zero-order chi connectivity index (χ0) is 15.5. The van der Waals surface area contributed by atoms with Crippen molar-refractivity contribution in [3.8, 4) is 0 Å². The van der Waals surface area contributed by atoms with Crippen molar-refractivity contribution in [1.29, 1.82) is 0 Å². The normalized spacial score (nSPS) is 14.3. The van der Waals surface area contributed by atoms with Gasteiger partial charge in [-0.25, -0.2) is 4.98 Å². The molecule has 3 rings (SSSR count). The van der Waals surface area contributed by atoms with E-state index in [1.54, 1.807) is 19.3 Å². The van der Waals surface area contributed by atoms with Gasteiger partial charge in [0, 0.05) is 32.4 Å². The molecule has 0 bridgehead atoms. The van der Waals surface area contributed by atoms with Crippen LogP contribution in [0.5, 0.6) is 0 Å². The highest BCUT2D eigenvalue weighted by atomic mass is 16.2. The summed E-state index contributed by atoms with van der Waals surface area (Å²) in [5, 5.41) is 6.71. The fourth-order valence-corrected chi connectivity index (χ4v) is 2.52. The van der Waals surface area contributed by atoms with Gasteiger partial charge in [-0.2, -0.15) is 5.10 Å². The summed E-state index contributed by atoms with van der Waals surface area (Å²) in [7, 11) is 1.70. The molecule has 2 aromatic heterocycles. The highest BCUT2D eigenvalue weighted by Crippen LogP contribution is 2.14. The summed E-state index contributed by atoms with van der Waals surface area (Å²) in [6.45, 7) is 2.00. The quantitative estimate of drug-likeness (QED) is 0.831. The van der Waals surface area contributed by atoms with E-state index in [1.165, 1.54) is 10.7 Å². The van der Waals surface area contributed by atoms with Gasteiger partial charge in [-0.3, -0.25) is 19.3 Å². The van der Waals surface area contributed by atoms with Crippen molar-refractivity contribution in [2.24, 2.45) is 7.05 Å². The third-order valence-corrected chi connectivity index (χ3v) is 3.67. The number of aromatic amines is 1. The van der Waals surface area contributed by atoms with Crippen LogP contribution in [-0.4, -0.2) is 38.7 Å². The molecule has 0 radical (unpaired) electrons. The highest BCUT2D eigenvalue weighted by Gasteiger charge is 2.16. The van der Waals surface area contributed by atoms with E-state index in [0.29, 0.717) is 17.3 Å². The summed E-state index contributed by atoms with van der Waals surface area (Å²) in [5.74, 6) is 0.333. The fraction of sp³-hybridized carbons (Fsp3) is 0.429. The van der Waals surface area contributed by atoms with E-state index in [1.807, 2.05) is 4.90 Å². The first-order chi connectivity index (χ1) is 10.6. The maximum atomic E-state index is 12.0. The van der Waals surface area contributed by atoms with Gasteiger partial charge in [0.15, 0.2) is 0 Å². The largest absolute Gasteiger partial charge is 0.345 e. The monoisotopic (exact) mass is 302 g/mol. The number of aryl methyl sites for hydroxylation is 1. The van der Waals surface area contributed by atoms with Gasteiger partial charge in [0.25, 0.3) is 11.5 Å². The molecular formula is C14H18N6O2. The van der Waals surface area contributed by atoms with Crippen molar-refractivity contribution in [3.05, 3.63) is 40.1 Å². The summed E-state index contributed by atoms with van der Waals surface area (Å²) in [5.41, 5.74) is 0.799. The Labute approximate surface area is 127 Å². The van der Waals surface area contributed by atoms with Crippen molar-refractivity contribution < 1.29 is 4.79 Å². The zero-order valence-corrected chi connectivity index (χ0v) is 12.4. The molecule has 8 heteroatoms. The van der Waals surface area contributed by atoms with Crippen LogP contribution in [0.1, 0.15) is 29.0 Å². The van der Waals surface area contributed by atoms with E-state index < -0.39 is 0 Å². The standard InChI is InChI=1S/C14H18N6O2/c1-19-11(4-5-16-19)13(22)15-9-10-8-12(21)18-14(17-10)20-6-2-3-7-20/h4-5,8H,2-3,6-7,9H2,1H3,(H,15,22)(H,17,18,21). The molecule has 0 aliphatic carbocycles. The molecule has 2 N–H and O–H groups in total. The molecule has 0 atom stereocenters. The van der Waals surface area contributed by atoms with Gasteiger partial charge in [0.05, 0.1) is 12.2 Å². The lowest BCUT2D eigenvalue weighted by Crippen LogP contribution is -2.28. The third-order valence-electron chi connectivity index (χ3n) is 3.67. The lowest BCUT2D eigenvalue weighted by atomic mass is 10.3. The first kappa shape index (κ1) is 14.3. The smallest absolute Gasteiger partial charge is 0.269 e. The van der Waals surface area contributed by atoms with Gasteiger partial charge in [-0.05, 0) is 18.9 Å². The van der Waals surface area contributed by atoms with Gasteiger partial charge in [0.2, 0.25) is 5.95 Å². The molecule has 1 aliphatic rings. The van der Waals surface area contributed by atoms with Crippen LogP contribution in [0.25, 0.3) is 0 Å². The molecular weight excluding hydrogens is 284 g/mol. The number of carbonyl (C=O) groups excluding carboxylic acids is 1. The average Bonchev–Trinajstić information content (AvgIpc) is 3.15. The topological polar surface area (TPSA) is 95.9 Å². The van der Waals surface area contributed by atoms with E-state index in [-0.39, 0.29) is 18.0 Å². The predicted molar refractivity (Wildman–Crippen MR) is 80.7 cm³/mol. The number of hydrogen-bond acceptors (Lipinski definition) is 5. The molecule has 0 unspecified atom stereocenters. The minimum atomic E-state index is -0.246. The first-order valence-electron chi connectivity index (χ1n) is 7.25. The zero-order valence-electron chi connectivity index (χ0n) is 12.4. The molecule has 3 heterocycles. The Morgan fingerprint density at radius 2 is 2.18 bits per heavy atom. The van der Waals surface area contributed by atoms with E-state index in [2.05, 4.69) is 20.4 Å². The Morgan fingerprint density at radius 1 is 1.41 bits per heavy atom. The molecule has 0 spiro atoms. The van der Waals surface area contributed by atoms with Crippen LogP contribution in [0.3, 0.4) is 0 Å². The van der Waals surface area contributed by atoms with Gasteiger partial charge in [-0.15, -0.1) is 0 Å². The minimum absolute atomic E-state index is 0.203. The Hall–Kier alpha value is -2.64. The van der Waals surface area contributed by atoms with Crippen LogP contribution in [0.4, 0.5) is 5.95 Å². The van der Waals surface area contributed by atoms with Crippen LogP contribution >= 0.6 is 0 Å². The van der Waals surface area contributed by atoms with Gasteiger partial charge in [0.1, 0.15) is 5.69 Å². The number of nitrogens with zero attached hydrogens (tertiary/aromatic N) is 4. The Balaban J connectivity index is 1.71. The first-order valence-corrected chi connectivity index (χ1v) is 7.25. The predicted octanol–water partition coefficient (Wildman–Crippen LogP) is 0.0336. The summed E-state index contributed by atoms with van der Waals surface area (Å²) < 4.78 is 1.50. The van der Waals surface area contributed by atoms with Gasteiger partial charge in [-0.1, -0.05) is 0 Å². The molecule has 0 aromatic carbocycles. The minimum Gasteiger partial charge on any atom is -0.345 e. The number of rotatable bonds is 4. The number of aromatic nitrogens is 4. The Morgan fingerprint density at radius 3 is 2.86 bits per heavy atom. The number of H-pyrrole nitrogens is 1. The Bertz CT molecular complexity index is 729. The second-order valence-electron chi connectivity index (χ2n) is 5.28. The maximum absolute atomic E-state index is 12.0. The number of amides is 1. The molecule has 8 nitrogen and oxygen atoms in total. The Kier molecular flexibility index (Phi) is 3.90. The summed E-state index contributed by atoms with van der Waals surface area (Å²) in [4.78, 5) is 33.0. The van der Waals surface area contributed by atoms with Crippen LogP contribution in [0, 0.1) is 0 Å².